The molecule has 1 unspecified atom stereocenters. The lowest BCUT2D eigenvalue weighted by Crippen LogP contribution is -2.55. The van der Waals surface area contributed by atoms with E-state index in [0.29, 0.717) is 32.8 Å². The van der Waals surface area contributed by atoms with Crippen molar-refractivity contribution in [2.75, 3.05) is 59.5 Å². The van der Waals surface area contributed by atoms with Gasteiger partial charge in [0.05, 0.1) is 13.2 Å². The Morgan fingerprint density at radius 1 is 1.21 bits per heavy atom. The van der Waals surface area contributed by atoms with Crippen LogP contribution in [-0.2, 0) is 4.74 Å². The Kier molecular flexibility index (Phi) is 7.06. The minimum Gasteiger partial charge on any atom is -0.383 e. The van der Waals surface area contributed by atoms with Gasteiger partial charge in [0.1, 0.15) is 0 Å². The third-order valence-electron chi connectivity index (χ3n) is 3.32. The van der Waals surface area contributed by atoms with Gasteiger partial charge in [-0.2, -0.15) is 13.2 Å². The summed E-state index contributed by atoms with van der Waals surface area (Å²) in [5.41, 5.74) is 0. The average Bonchev–Trinajstić information content (AvgIpc) is 2.34. The van der Waals surface area contributed by atoms with Gasteiger partial charge in [-0.25, -0.2) is 0 Å². The SMILES string of the molecule is CCNCC(COC)N1CCN(CC(F)(F)F)CC1. The lowest BCUT2D eigenvalue weighted by atomic mass is 10.2. The Morgan fingerprint density at radius 2 is 1.84 bits per heavy atom. The maximum Gasteiger partial charge on any atom is 0.401 e. The molecule has 0 aromatic rings. The predicted molar refractivity (Wildman–Crippen MR) is 68.3 cm³/mol. The molecule has 4 nitrogen and oxygen atoms in total. The number of piperazine rings is 1. The number of likely N-dealkylation sites (N-methyl/N-ethyl adjacent to an activating group) is 1. The fraction of sp³-hybridized carbons (Fsp3) is 1.00. The highest BCUT2D eigenvalue weighted by molar-refractivity contribution is 4.80. The normalized spacial score (nSPS) is 20.7. The zero-order valence-electron chi connectivity index (χ0n) is 11.7. The lowest BCUT2D eigenvalue weighted by molar-refractivity contribution is -0.150. The molecule has 1 heterocycles. The molecule has 0 aliphatic carbocycles. The molecular formula is C12H24F3N3O. The van der Waals surface area contributed by atoms with Gasteiger partial charge < -0.3 is 10.1 Å². The molecule has 1 N–H and O–H groups in total. The van der Waals surface area contributed by atoms with Gasteiger partial charge >= 0.3 is 6.18 Å². The molecule has 19 heavy (non-hydrogen) atoms. The molecule has 1 atom stereocenters. The van der Waals surface area contributed by atoms with Crippen LogP contribution < -0.4 is 5.32 Å². The summed E-state index contributed by atoms with van der Waals surface area (Å²) >= 11 is 0. The van der Waals surface area contributed by atoms with Crippen molar-refractivity contribution >= 4 is 0 Å². The Bertz CT molecular complexity index is 243. The molecule has 0 amide bonds. The predicted octanol–water partition coefficient (Wildman–Crippen LogP) is 0.791. The number of rotatable bonds is 7. The van der Waals surface area contributed by atoms with Crippen molar-refractivity contribution in [3.8, 4) is 0 Å². The van der Waals surface area contributed by atoms with E-state index in [2.05, 4.69) is 10.2 Å². The van der Waals surface area contributed by atoms with E-state index in [-0.39, 0.29) is 6.04 Å². The third-order valence-corrected chi connectivity index (χ3v) is 3.32. The maximum absolute atomic E-state index is 12.3. The van der Waals surface area contributed by atoms with Crippen LogP contribution in [0.4, 0.5) is 13.2 Å². The fourth-order valence-corrected chi connectivity index (χ4v) is 2.34. The van der Waals surface area contributed by atoms with Crippen LogP contribution in [0.2, 0.25) is 0 Å². The van der Waals surface area contributed by atoms with Gasteiger partial charge in [0.2, 0.25) is 0 Å². The van der Waals surface area contributed by atoms with E-state index >= 15 is 0 Å². The van der Waals surface area contributed by atoms with Crippen LogP contribution in [0.1, 0.15) is 6.92 Å². The second-order valence-corrected chi connectivity index (χ2v) is 4.84. The van der Waals surface area contributed by atoms with E-state index in [1.165, 1.54) is 4.90 Å². The van der Waals surface area contributed by atoms with Crippen LogP contribution in [0.25, 0.3) is 0 Å². The molecule has 114 valence electrons. The molecule has 7 heteroatoms. The Balaban J connectivity index is 2.37. The summed E-state index contributed by atoms with van der Waals surface area (Å²) in [6, 6.07) is 0.234. The number of methoxy groups -OCH3 is 1. The average molecular weight is 283 g/mol. The van der Waals surface area contributed by atoms with Crippen molar-refractivity contribution in [2.24, 2.45) is 0 Å². The van der Waals surface area contributed by atoms with Gasteiger partial charge in [-0.15, -0.1) is 0 Å². The summed E-state index contributed by atoms with van der Waals surface area (Å²) in [5, 5.41) is 3.26. The summed E-state index contributed by atoms with van der Waals surface area (Å²) in [4.78, 5) is 3.67. The van der Waals surface area contributed by atoms with Crippen molar-refractivity contribution in [1.82, 2.24) is 15.1 Å². The van der Waals surface area contributed by atoms with Gasteiger partial charge in [0, 0.05) is 45.9 Å². The topological polar surface area (TPSA) is 27.7 Å². The highest BCUT2D eigenvalue weighted by atomic mass is 19.4. The van der Waals surface area contributed by atoms with Crippen molar-refractivity contribution in [1.29, 1.82) is 0 Å². The molecule has 1 rings (SSSR count). The molecule has 1 saturated heterocycles. The first-order valence-corrected chi connectivity index (χ1v) is 6.69. The quantitative estimate of drug-likeness (QED) is 0.748. The summed E-state index contributed by atoms with van der Waals surface area (Å²) in [6.07, 6.45) is -4.10. The number of hydrogen-bond acceptors (Lipinski definition) is 4. The first-order chi connectivity index (χ1) is 8.96. The molecular weight excluding hydrogens is 259 g/mol. The Labute approximate surface area is 112 Å². The number of alkyl halides is 3. The monoisotopic (exact) mass is 283 g/mol. The number of nitrogens with zero attached hydrogens (tertiary/aromatic N) is 2. The van der Waals surface area contributed by atoms with Crippen molar-refractivity contribution in [3.05, 3.63) is 0 Å². The lowest BCUT2D eigenvalue weighted by Gasteiger charge is -2.39. The van der Waals surface area contributed by atoms with Crippen molar-refractivity contribution in [3.63, 3.8) is 0 Å². The third kappa shape index (κ3) is 6.56. The summed E-state index contributed by atoms with van der Waals surface area (Å²) in [6.45, 7) is 5.78. The van der Waals surface area contributed by atoms with E-state index < -0.39 is 12.7 Å². The minimum atomic E-state index is -4.10. The van der Waals surface area contributed by atoms with Crippen LogP contribution in [-0.4, -0.2) is 81.5 Å². The molecule has 0 spiro atoms. The van der Waals surface area contributed by atoms with Crippen LogP contribution in [0.5, 0.6) is 0 Å². The highest BCUT2D eigenvalue weighted by Gasteiger charge is 2.33. The molecule has 1 aliphatic rings. The van der Waals surface area contributed by atoms with Crippen molar-refractivity contribution in [2.45, 2.75) is 19.1 Å². The molecule has 0 aromatic carbocycles. The van der Waals surface area contributed by atoms with Crippen LogP contribution in [0.15, 0.2) is 0 Å². The highest BCUT2D eigenvalue weighted by Crippen LogP contribution is 2.18. The second-order valence-electron chi connectivity index (χ2n) is 4.84. The first kappa shape index (κ1) is 16.7. The largest absolute Gasteiger partial charge is 0.401 e. The van der Waals surface area contributed by atoms with Gasteiger partial charge in [0.25, 0.3) is 0 Å². The van der Waals surface area contributed by atoms with Gasteiger partial charge in [-0.1, -0.05) is 6.92 Å². The smallest absolute Gasteiger partial charge is 0.383 e. The zero-order chi connectivity index (χ0) is 14.3. The van der Waals surface area contributed by atoms with Crippen LogP contribution in [0, 0.1) is 0 Å². The zero-order valence-corrected chi connectivity index (χ0v) is 11.7. The van der Waals surface area contributed by atoms with Gasteiger partial charge in [-0.3, -0.25) is 9.80 Å². The first-order valence-electron chi connectivity index (χ1n) is 6.69. The number of hydrogen-bond donors (Lipinski definition) is 1. The van der Waals surface area contributed by atoms with E-state index in [1.54, 1.807) is 7.11 Å². The van der Waals surface area contributed by atoms with Crippen LogP contribution >= 0.6 is 0 Å². The van der Waals surface area contributed by atoms with Crippen molar-refractivity contribution < 1.29 is 17.9 Å². The van der Waals surface area contributed by atoms with Gasteiger partial charge in [-0.05, 0) is 6.54 Å². The van der Waals surface area contributed by atoms with E-state index in [1.807, 2.05) is 6.92 Å². The van der Waals surface area contributed by atoms with Crippen LogP contribution in [0.3, 0.4) is 0 Å². The number of halogens is 3. The van der Waals surface area contributed by atoms with Gasteiger partial charge in [0.15, 0.2) is 0 Å². The summed E-state index contributed by atoms with van der Waals surface area (Å²) < 4.78 is 42.1. The standard InChI is InChI=1S/C12H24F3N3O/c1-3-16-8-11(9-19-2)18-6-4-17(5-7-18)10-12(13,14)15/h11,16H,3-10H2,1-2H3. The van der Waals surface area contributed by atoms with E-state index in [9.17, 15) is 13.2 Å². The number of nitrogens with one attached hydrogen (secondary N) is 1. The minimum absolute atomic E-state index is 0.234. The molecule has 0 aromatic heterocycles. The summed E-state index contributed by atoms with van der Waals surface area (Å²) in [7, 11) is 1.65. The Hall–Kier alpha value is -0.370. The second kappa shape index (κ2) is 8.04. The number of ether oxygens (including phenoxy) is 1. The van der Waals surface area contributed by atoms with E-state index in [4.69, 9.17) is 4.74 Å². The molecule has 1 aliphatic heterocycles. The summed E-state index contributed by atoms with van der Waals surface area (Å²) in [5.74, 6) is 0. The Morgan fingerprint density at radius 3 is 2.32 bits per heavy atom. The maximum atomic E-state index is 12.3. The molecule has 1 fully saturated rings. The molecule has 0 radical (unpaired) electrons. The van der Waals surface area contributed by atoms with E-state index in [0.717, 1.165) is 13.1 Å². The fourth-order valence-electron chi connectivity index (χ4n) is 2.34. The molecule has 0 bridgehead atoms. The molecule has 0 saturated carbocycles.